The van der Waals surface area contributed by atoms with Crippen LogP contribution in [-0.4, -0.2) is 29.4 Å². The minimum atomic E-state index is -1.80. The number of nitrogen functional groups attached to an aromatic ring is 1. The number of carbonyl (C=O) groups excluding carboxylic acids is 1. The number of anilines is 1. The van der Waals surface area contributed by atoms with Gasteiger partial charge in [0.05, 0.1) is 7.11 Å². The Hall–Kier alpha value is -1.66. The van der Waals surface area contributed by atoms with Gasteiger partial charge in [-0.1, -0.05) is 0 Å². The average Bonchev–Trinajstić information content (AvgIpc) is 2.30. The van der Waals surface area contributed by atoms with Crippen molar-refractivity contribution in [2.24, 2.45) is 0 Å². The number of methoxy groups -OCH3 is 1. The highest BCUT2D eigenvalue weighted by molar-refractivity contribution is 5.76. The van der Waals surface area contributed by atoms with Gasteiger partial charge >= 0.3 is 5.97 Å². The zero-order valence-electron chi connectivity index (χ0n) is 9.48. The summed E-state index contributed by atoms with van der Waals surface area (Å²) in [4.78, 5) is 11.0. The predicted octanol–water partition coefficient (Wildman–Crippen LogP) is 0.284. The SMILES string of the molecule is COC(=O)C(O)C(O)c1cc(F)cc(C)c1N. The fraction of sp³-hybridized carbons (Fsp3) is 0.364. The number of hydrogen-bond acceptors (Lipinski definition) is 5. The first-order chi connectivity index (χ1) is 7.88. The number of esters is 1. The van der Waals surface area contributed by atoms with E-state index in [1.165, 1.54) is 6.07 Å². The first-order valence-electron chi connectivity index (χ1n) is 4.88. The molecule has 0 aliphatic rings. The van der Waals surface area contributed by atoms with Crippen molar-refractivity contribution in [3.05, 3.63) is 29.1 Å². The molecule has 0 amide bonds. The highest BCUT2D eigenvalue weighted by atomic mass is 19.1. The molecule has 1 aromatic carbocycles. The number of nitrogens with two attached hydrogens (primary N) is 1. The molecule has 0 aliphatic heterocycles. The Morgan fingerprint density at radius 2 is 2.06 bits per heavy atom. The normalized spacial score (nSPS) is 14.2. The molecule has 94 valence electrons. The van der Waals surface area contributed by atoms with E-state index in [0.717, 1.165) is 13.2 Å². The zero-order chi connectivity index (χ0) is 13.2. The molecule has 0 heterocycles. The third-order valence-corrected chi connectivity index (χ3v) is 2.44. The second-order valence-electron chi connectivity index (χ2n) is 3.64. The van der Waals surface area contributed by atoms with Crippen molar-refractivity contribution in [3.63, 3.8) is 0 Å². The molecule has 6 heteroatoms. The number of aryl methyl sites for hydroxylation is 1. The second kappa shape index (κ2) is 5.11. The van der Waals surface area contributed by atoms with Crippen LogP contribution in [0.4, 0.5) is 10.1 Å². The van der Waals surface area contributed by atoms with E-state index in [-0.39, 0.29) is 11.3 Å². The van der Waals surface area contributed by atoms with Gasteiger partial charge < -0.3 is 20.7 Å². The summed E-state index contributed by atoms with van der Waals surface area (Å²) in [6.45, 7) is 1.55. The molecule has 2 atom stereocenters. The summed E-state index contributed by atoms with van der Waals surface area (Å²) in [6.07, 6.45) is -3.43. The maximum atomic E-state index is 13.2. The van der Waals surface area contributed by atoms with E-state index < -0.39 is 24.0 Å². The Morgan fingerprint density at radius 3 is 2.59 bits per heavy atom. The molecule has 0 aliphatic carbocycles. The molecule has 0 radical (unpaired) electrons. The molecule has 1 rings (SSSR count). The van der Waals surface area contributed by atoms with Crippen LogP contribution in [0.25, 0.3) is 0 Å². The van der Waals surface area contributed by atoms with Gasteiger partial charge in [-0.3, -0.25) is 0 Å². The Kier molecular flexibility index (Phi) is 4.03. The molecule has 17 heavy (non-hydrogen) atoms. The quantitative estimate of drug-likeness (QED) is 0.524. The van der Waals surface area contributed by atoms with Crippen LogP contribution in [0, 0.1) is 12.7 Å². The number of ether oxygens (including phenoxy) is 1. The van der Waals surface area contributed by atoms with Crippen LogP contribution in [0.15, 0.2) is 12.1 Å². The fourth-order valence-corrected chi connectivity index (χ4v) is 1.44. The maximum absolute atomic E-state index is 13.2. The van der Waals surface area contributed by atoms with Crippen molar-refractivity contribution in [1.29, 1.82) is 0 Å². The van der Waals surface area contributed by atoms with Crippen LogP contribution in [0.3, 0.4) is 0 Å². The number of benzene rings is 1. The van der Waals surface area contributed by atoms with Crippen molar-refractivity contribution >= 4 is 11.7 Å². The number of aliphatic hydroxyl groups excluding tert-OH is 2. The molecule has 4 N–H and O–H groups in total. The van der Waals surface area contributed by atoms with E-state index in [4.69, 9.17) is 5.73 Å². The highest BCUT2D eigenvalue weighted by Gasteiger charge is 2.28. The second-order valence-corrected chi connectivity index (χ2v) is 3.64. The standard InChI is InChI=1S/C11H14FNO4/c1-5-3-6(12)4-7(8(5)13)9(14)10(15)11(16)17-2/h3-4,9-10,14-15H,13H2,1-2H3. The lowest BCUT2D eigenvalue weighted by atomic mass is 9.99. The third kappa shape index (κ3) is 2.72. The summed E-state index contributed by atoms with van der Waals surface area (Å²) in [6, 6.07) is 2.16. The van der Waals surface area contributed by atoms with Gasteiger partial charge in [-0.15, -0.1) is 0 Å². The van der Waals surface area contributed by atoms with E-state index in [1.54, 1.807) is 6.92 Å². The van der Waals surface area contributed by atoms with E-state index in [1.807, 2.05) is 0 Å². The van der Waals surface area contributed by atoms with Crippen LogP contribution in [-0.2, 0) is 9.53 Å². The lowest BCUT2D eigenvalue weighted by molar-refractivity contribution is -0.156. The maximum Gasteiger partial charge on any atom is 0.337 e. The summed E-state index contributed by atoms with van der Waals surface area (Å²) in [5.41, 5.74) is 6.14. The lowest BCUT2D eigenvalue weighted by Crippen LogP contribution is -2.29. The van der Waals surface area contributed by atoms with Crippen molar-refractivity contribution in [3.8, 4) is 0 Å². The summed E-state index contributed by atoms with van der Waals surface area (Å²) in [5.74, 6) is -1.62. The van der Waals surface area contributed by atoms with E-state index in [0.29, 0.717) is 5.56 Å². The molecular weight excluding hydrogens is 229 g/mol. The Labute approximate surface area is 97.6 Å². The van der Waals surface area contributed by atoms with Gasteiger partial charge in [0.15, 0.2) is 6.10 Å². The molecule has 0 saturated heterocycles. The van der Waals surface area contributed by atoms with Gasteiger partial charge in [0.2, 0.25) is 0 Å². The molecule has 0 fully saturated rings. The molecular formula is C11H14FNO4. The van der Waals surface area contributed by atoms with Crippen LogP contribution < -0.4 is 5.73 Å². The lowest BCUT2D eigenvalue weighted by Gasteiger charge is -2.18. The first kappa shape index (κ1) is 13.4. The Morgan fingerprint density at radius 1 is 1.47 bits per heavy atom. The Balaban J connectivity index is 3.12. The van der Waals surface area contributed by atoms with Gasteiger partial charge in [0, 0.05) is 11.3 Å². The van der Waals surface area contributed by atoms with E-state index in [2.05, 4.69) is 4.74 Å². The van der Waals surface area contributed by atoms with Crippen LogP contribution in [0.1, 0.15) is 17.2 Å². The van der Waals surface area contributed by atoms with Gasteiger partial charge in [0.25, 0.3) is 0 Å². The monoisotopic (exact) mass is 243 g/mol. The molecule has 5 nitrogen and oxygen atoms in total. The minimum Gasteiger partial charge on any atom is -0.467 e. The van der Waals surface area contributed by atoms with Crippen LogP contribution in [0.2, 0.25) is 0 Å². The van der Waals surface area contributed by atoms with E-state index >= 15 is 0 Å². The first-order valence-corrected chi connectivity index (χ1v) is 4.88. The summed E-state index contributed by atoms with van der Waals surface area (Å²) >= 11 is 0. The summed E-state index contributed by atoms with van der Waals surface area (Å²) in [5, 5.41) is 19.2. The van der Waals surface area contributed by atoms with Crippen LogP contribution in [0.5, 0.6) is 0 Å². The van der Waals surface area contributed by atoms with Crippen molar-refractivity contribution in [2.75, 3.05) is 12.8 Å². The van der Waals surface area contributed by atoms with Gasteiger partial charge in [-0.25, -0.2) is 9.18 Å². The average molecular weight is 243 g/mol. The summed E-state index contributed by atoms with van der Waals surface area (Å²) in [7, 11) is 1.07. The molecule has 1 aromatic rings. The zero-order valence-corrected chi connectivity index (χ0v) is 9.48. The highest BCUT2D eigenvalue weighted by Crippen LogP contribution is 2.27. The van der Waals surface area contributed by atoms with Crippen molar-refractivity contribution < 1.29 is 24.1 Å². The van der Waals surface area contributed by atoms with Crippen molar-refractivity contribution in [2.45, 2.75) is 19.1 Å². The number of hydrogen-bond donors (Lipinski definition) is 3. The van der Waals surface area contributed by atoms with Gasteiger partial charge in [-0.2, -0.15) is 0 Å². The largest absolute Gasteiger partial charge is 0.467 e. The smallest absolute Gasteiger partial charge is 0.337 e. The number of carbonyl (C=O) groups is 1. The molecule has 2 unspecified atom stereocenters. The van der Waals surface area contributed by atoms with Crippen molar-refractivity contribution in [1.82, 2.24) is 0 Å². The fourth-order valence-electron chi connectivity index (χ4n) is 1.44. The molecule has 0 aromatic heterocycles. The molecule has 0 saturated carbocycles. The van der Waals surface area contributed by atoms with Crippen LogP contribution >= 0.6 is 0 Å². The number of aliphatic hydroxyl groups is 2. The predicted molar refractivity (Wildman–Crippen MR) is 58.5 cm³/mol. The Bertz CT molecular complexity index is 436. The summed E-state index contributed by atoms with van der Waals surface area (Å²) < 4.78 is 17.4. The third-order valence-electron chi connectivity index (χ3n) is 2.44. The molecule has 0 spiro atoms. The van der Waals surface area contributed by atoms with E-state index in [9.17, 15) is 19.4 Å². The topological polar surface area (TPSA) is 92.8 Å². The van der Waals surface area contributed by atoms with Gasteiger partial charge in [0.1, 0.15) is 11.9 Å². The number of rotatable bonds is 3. The molecule has 0 bridgehead atoms. The number of halogens is 1. The van der Waals surface area contributed by atoms with Gasteiger partial charge in [-0.05, 0) is 24.6 Å². The minimum absolute atomic E-state index is 0.0413.